The summed E-state index contributed by atoms with van der Waals surface area (Å²) < 4.78 is 33.5. The second-order valence-corrected chi connectivity index (χ2v) is 11.1. The molecular weight excluding hydrogens is 520 g/mol. The fourth-order valence-electron chi connectivity index (χ4n) is 6.15. The van der Waals surface area contributed by atoms with Crippen molar-refractivity contribution in [2.75, 3.05) is 13.1 Å². The van der Waals surface area contributed by atoms with Crippen molar-refractivity contribution < 1.29 is 27.6 Å². The zero-order valence-electron chi connectivity index (χ0n) is 21.9. The maximum Gasteiger partial charge on any atom is 0.273 e. The van der Waals surface area contributed by atoms with Crippen LogP contribution in [0.2, 0.25) is 0 Å². The predicted molar refractivity (Wildman–Crippen MR) is 140 cm³/mol. The van der Waals surface area contributed by atoms with Gasteiger partial charge in [-0.15, -0.1) is 0 Å². The Morgan fingerprint density at radius 1 is 1.10 bits per heavy atom. The van der Waals surface area contributed by atoms with Gasteiger partial charge in [0.2, 0.25) is 11.6 Å². The van der Waals surface area contributed by atoms with Crippen molar-refractivity contribution in [2.24, 2.45) is 5.92 Å². The number of nitrogens with one attached hydrogen (secondary N) is 2. The average Bonchev–Trinajstić information content (AvgIpc) is 3.31. The van der Waals surface area contributed by atoms with Crippen molar-refractivity contribution in [3.05, 3.63) is 76.9 Å². The second-order valence-electron chi connectivity index (χ2n) is 11.1. The first kappa shape index (κ1) is 26.4. The fourth-order valence-corrected chi connectivity index (χ4v) is 6.15. The van der Waals surface area contributed by atoms with E-state index in [1.807, 2.05) is 0 Å². The van der Waals surface area contributed by atoms with E-state index in [9.17, 15) is 23.6 Å². The van der Waals surface area contributed by atoms with Gasteiger partial charge in [0, 0.05) is 49.4 Å². The molecule has 2 aromatic heterocycles. The number of nitrogens with zero attached hydrogens (tertiary/aromatic N) is 3. The van der Waals surface area contributed by atoms with Gasteiger partial charge in [0.15, 0.2) is 17.7 Å². The number of benzene rings is 1. The standard InChI is InChI=1S/C29H31F2N5O4/c30-18-8-9-20(22(31)15-18)25-16-24(34-40-25)28(38)32-23-10-14-35(19-5-1-2-6-19)17-21(23)27(37)33-29(11-12-29)26-7-3-4-13-36(26)39/h3-4,7-9,13,15-16,19,21,23H,1-2,5-6,10-12,14,17H2,(H,32,38)(H,33,37)/t21-,23-/m1/s1. The van der Waals surface area contributed by atoms with E-state index in [0.717, 1.165) is 36.2 Å². The van der Waals surface area contributed by atoms with Crippen LogP contribution in [0.15, 0.2) is 53.2 Å². The zero-order valence-corrected chi connectivity index (χ0v) is 21.9. The highest BCUT2D eigenvalue weighted by Gasteiger charge is 2.53. The molecule has 1 saturated heterocycles. The van der Waals surface area contributed by atoms with Gasteiger partial charge in [-0.3, -0.25) is 14.5 Å². The number of likely N-dealkylation sites (tertiary alicyclic amines) is 1. The topological polar surface area (TPSA) is 114 Å². The Morgan fingerprint density at radius 3 is 2.62 bits per heavy atom. The molecule has 1 aromatic carbocycles. The molecule has 11 heteroatoms. The first-order chi connectivity index (χ1) is 19.3. The molecule has 1 aliphatic heterocycles. The quantitative estimate of drug-likeness (QED) is 0.344. The number of rotatable bonds is 7. The number of amides is 2. The number of halogens is 2. The van der Waals surface area contributed by atoms with E-state index >= 15 is 0 Å². The summed E-state index contributed by atoms with van der Waals surface area (Å²) >= 11 is 0. The lowest BCUT2D eigenvalue weighted by Crippen LogP contribution is -2.58. The molecule has 9 nitrogen and oxygen atoms in total. The van der Waals surface area contributed by atoms with Gasteiger partial charge in [0.05, 0.1) is 11.5 Å². The Kier molecular flexibility index (Phi) is 6.99. The van der Waals surface area contributed by atoms with Gasteiger partial charge in [-0.25, -0.2) is 8.78 Å². The fraction of sp³-hybridized carbons (Fsp3) is 0.448. The van der Waals surface area contributed by atoms with Crippen molar-refractivity contribution in [1.82, 2.24) is 20.7 Å². The molecule has 0 bridgehead atoms. The van der Waals surface area contributed by atoms with E-state index < -0.39 is 35.0 Å². The van der Waals surface area contributed by atoms with Gasteiger partial charge in [0.1, 0.15) is 17.2 Å². The highest BCUT2D eigenvalue weighted by atomic mass is 19.1. The molecule has 2 saturated carbocycles. The van der Waals surface area contributed by atoms with Gasteiger partial charge < -0.3 is 20.4 Å². The molecule has 2 aliphatic carbocycles. The number of carbonyl (C=O) groups is 2. The Balaban J connectivity index is 1.20. The molecule has 2 atom stereocenters. The van der Waals surface area contributed by atoms with Crippen molar-refractivity contribution in [1.29, 1.82) is 0 Å². The average molecular weight is 552 g/mol. The minimum absolute atomic E-state index is 0.00236. The molecule has 3 heterocycles. The highest BCUT2D eigenvalue weighted by molar-refractivity contribution is 5.94. The minimum Gasteiger partial charge on any atom is -0.618 e. The number of pyridine rings is 1. The molecule has 0 unspecified atom stereocenters. The Morgan fingerprint density at radius 2 is 1.90 bits per heavy atom. The van der Waals surface area contributed by atoms with E-state index in [0.29, 0.717) is 37.5 Å². The molecule has 2 N–H and O–H groups in total. The van der Waals surface area contributed by atoms with Gasteiger partial charge in [-0.1, -0.05) is 18.0 Å². The normalized spacial score (nSPS) is 22.6. The Labute approximate surface area is 230 Å². The molecule has 3 aromatic rings. The number of hydrogen-bond acceptors (Lipinski definition) is 6. The SMILES string of the molecule is O=C(N[C@@H]1CCN(C2CCCC2)C[C@H]1C(=O)NC1(c2cccc[n+]2[O-])CC1)c1cc(-c2ccc(F)cc2F)on1. The third kappa shape index (κ3) is 5.17. The summed E-state index contributed by atoms with van der Waals surface area (Å²) in [6.07, 6.45) is 7.86. The van der Waals surface area contributed by atoms with Crippen molar-refractivity contribution in [3.63, 3.8) is 0 Å². The highest BCUT2D eigenvalue weighted by Crippen LogP contribution is 2.44. The van der Waals surface area contributed by atoms with Gasteiger partial charge in [0.25, 0.3) is 5.91 Å². The summed E-state index contributed by atoms with van der Waals surface area (Å²) in [6.45, 7) is 1.24. The summed E-state index contributed by atoms with van der Waals surface area (Å²) in [5.41, 5.74) is -0.270. The third-order valence-corrected chi connectivity index (χ3v) is 8.50. The monoisotopic (exact) mass is 551 g/mol. The third-order valence-electron chi connectivity index (χ3n) is 8.50. The second kappa shape index (κ2) is 10.6. The summed E-state index contributed by atoms with van der Waals surface area (Å²) in [6, 6.07) is 9.47. The number of aromatic nitrogens is 2. The van der Waals surface area contributed by atoms with E-state index in [4.69, 9.17) is 4.52 Å². The van der Waals surface area contributed by atoms with Crippen molar-refractivity contribution >= 4 is 11.8 Å². The lowest BCUT2D eigenvalue weighted by atomic mass is 9.89. The van der Waals surface area contributed by atoms with E-state index in [1.165, 1.54) is 31.2 Å². The minimum atomic E-state index is -0.828. The number of piperidine rings is 1. The summed E-state index contributed by atoms with van der Waals surface area (Å²) in [7, 11) is 0. The van der Waals surface area contributed by atoms with Gasteiger partial charge >= 0.3 is 0 Å². The molecule has 0 spiro atoms. The summed E-state index contributed by atoms with van der Waals surface area (Å²) in [4.78, 5) is 29.3. The van der Waals surface area contributed by atoms with Crippen LogP contribution in [0.5, 0.6) is 0 Å². The van der Waals surface area contributed by atoms with Crippen molar-refractivity contribution in [3.8, 4) is 11.3 Å². The van der Waals surface area contributed by atoms with Crippen LogP contribution >= 0.6 is 0 Å². The summed E-state index contributed by atoms with van der Waals surface area (Å²) in [5, 5.41) is 22.3. The Bertz CT molecular complexity index is 1420. The smallest absolute Gasteiger partial charge is 0.273 e. The maximum absolute atomic E-state index is 14.2. The van der Waals surface area contributed by atoms with Crippen LogP contribution in [-0.2, 0) is 10.3 Å². The molecule has 6 rings (SSSR count). The van der Waals surface area contributed by atoms with Crippen LogP contribution in [-0.4, -0.2) is 47.0 Å². The number of carbonyl (C=O) groups excluding carboxylic acids is 2. The molecule has 40 heavy (non-hydrogen) atoms. The van der Waals surface area contributed by atoms with Gasteiger partial charge in [-0.05, 0) is 50.3 Å². The Hall–Kier alpha value is -3.86. The predicted octanol–water partition coefficient (Wildman–Crippen LogP) is 3.42. The molecule has 2 amide bonds. The van der Waals surface area contributed by atoms with Crippen LogP contribution in [0.4, 0.5) is 8.78 Å². The van der Waals surface area contributed by atoms with Crippen LogP contribution in [0.3, 0.4) is 0 Å². The van der Waals surface area contributed by atoms with Crippen LogP contribution in [0.1, 0.15) is 61.1 Å². The van der Waals surface area contributed by atoms with Crippen LogP contribution < -0.4 is 15.4 Å². The summed E-state index contributed by atoms with van der Waals surface area (Å²) in [5.74, 6) is -2.85. The number of hydrogen-bond donors (Lipinski definition) is 2. The first-order valence-electron chi connectivity index (χ1n) is 13.8. The maximum atomic E-state index is 14.2. The van der Waals surface area contributed by atoms with E-state index in [1.54, 1.807) is 18.2 Å². The van der Waals surface area contributed by atoms with Crippen LogP contribution in [0.25, 0.3) is 11.3 Å². The molecule has 210 valence electrons. The van der Waals surface area contributed by atoms with Crippen LogP contribution in [0, 0.1) is 22.8 Å². The van der Waals surface area contributed by atoms with E-state index in [2.05, 4.69) is 20.7 Å². The zero-order chi connectivity index (χ0) is 27.9. The van der Waals surface area contributed by atoms with E-state index in [-0.39, 0.29) is 22.9 Å². The largest absolute Gasteiger partial charge is 0.618 e. The van der Waals surface area contributed by atoms with Crippen molar-refractivity contribution in [2.45, 2.75) is 62.6 Å². The first-order valence-corrected chi connectivity index (χ1v) is 13.8. The molecular formula is C29H31F2N5O4. The molecule has 0 radical (unpaired) electrons. The lowest BCUT2D eigenvalue weighted by Gasteiger charge is -2.41. The lowest BCUT2D eigenvalue weighted by molar-refractivity contribution is -0.617. The molecule has 3 aliphatic rings. The van der Waals surface area contributed by atoms with Gasteiger partial charge in [-0.2, -0.15) is 4.73 Å². The molecule has 3 fully saturated rings.